The lowest BCUT2D eigenvalue weighted by Crippen LogP contribution is -2.11. The van der Waals surface area contributed by atoms with E-state index in [1.807, 2.05) is 12.3 Å². The van der Waals surface area contributed by atoms with Gasteiger partial charge >= 0.3 is 12.1 Å². The number of hydrogen-bond acceptors (Lipinski definition) is 2. The summed E-state index contributed by atoms with van der Waals surface area (Å²) < 4.78 is 46.8. The number of H-pyrrole nitrogens is 1. The van der Waals surface area contributed by atoms with Crippen LogP contribution in [0.15, 0.2) is 36.5 Å². The second-order valence-electron chi connectivity index (χ2n) is 7.89. The quantitative estimate of drug-likeness (QED) is 0.493. The summed E-state index contributed by atoms with van der Waals surface area (Å²) in [5, 5.41) is 9.90. The fourth-order valence-corrected chi connectivity index (χ4v) is 4.35. The molecule has 0 amide bonds. The van der Waals surface area contributed by atoms with Crippen LogP contribution in [0.25, 0.3) is 10.9 Å². The third-order valence-corrected chi connectivity index (χ3v) is 5.70. The summed E-state index contributed by atoms with van der Waals surface area (Å²) in [7, 11) is 0. The fraction of sp³-hybridized carbons (Fsp3) is 0.348. The molecule has 2 N–H and O–H groups in total. The van der Waals surface area contributed by atoms with E-state index >= 15 is 0 Å². The summed E-state index contributed by atoms with van der Waals surface area (Å²) in [5.74, 6) is -0.708. The molecule has 0 aliphatic heterocycles. The Bertz CT molecular complexity index is 1100. The number of fused-ring (bicyclic) bond motifs is 1. The zero-order valence-corrected chi connectivity index (χ0v) is 16.5. The lowest BCUT2D eigenvalue weighted by molar-refractivity contribution is -0.139. The molecule has 158 valence electrons. The number of aromatic nitrogens is 1. The van der Waals surface area contributed by atoms with Gasteiger partial charge in [-0.05, 0) is 66.6 Å². The van der Waals surface area contributed by atoms with Gasteiger partial charge in [0.2, 0.25) is 0 Å². The molecule has 0 radical (unpaired) electrons. The van der Waals surface area contributed by atoms with Crippen LogP contribution in [0.4, 0.5) is 13.2 Å². The largest absolute Gasteiger partial charge is 0.481 e. The molecule has 4 rings (SSSR count). The van der Waals surface area contributed by atoms with Gasteiger partial charge < -0.3 is 14.8 Å². The maximum atomic E-state index is 13.7. The molecule has 1 heterocycles. The van der Waals surface area contributed by atoms with Gasteiger partial charge in [0.05, 0.1) is 12.0 Å². The molecule has 0 saturated heterocycles. The number of alkyl halides is 3. The molecule has 2 aromatic carbocycles. The third kappa shape index (κ3) is 4.01. The molecule has 1 aliphatic rings. The van der Waals surface area contributed by atoms with Crippen molar-refractivity contribution in [3.63, 3.8) is 0 Å². The maximum Gasteiger partial charge on any atom is 0.420 e. The van der Waals surface area contributed by atoms with E-state index in [0.29, 0.717) is 11.7 Å². The molecule has 0 unspecified atom stereocenters. The first-order valence-corrected chi connectivity index (χ1v) is 9.94. The lowest BCUT2D eigenvalue weighted by Gasteiger charge is -2.18. The Labute approximate surface area is 171 Å². The predicted octanol–water partition coefficient (Wildman–Crippen LogP) is 6.57. The van der Waals surface area contributed by atoms with E-state index < -0.39 is 24.1 Å². The number of nitrogens with one attached hydrogen (secondary N) is 1. The number of carbonyl (C=O) groups is 1. The van der Waals surface area contributed by atoms with Crippen molar-refractivity contribution < 1.29 is 27.8 Å². The minimum absolute atomic E-state index is 0.0873. The first kappa shape index (κ1) is 20.3. The highest BCUT2D eigenvalue weighted by molar-refractivity contribution is 5.85. The highest BCUT2D eigenvalue weighted by atomic mass is 19.4. The highest BCUT2D eigenvalue weighted by Crippen LogP contribution is 2.43. The fourth-order valence-electron chi connectivity index (χ4n) is 4.35. The van der Waals surface area contributed by atoms with E-state index in [1.165, 1.54) is 31.4 Å². The van der Waals surface area contributed by atoms with Crippen molar-refractivity contribution in [3.05, 3.63) is 58.8 Å². The predicted molar refractivity (Wildman–Crippen MR) is 107 cm³/mol. The van der Waals surface area contributed by atoms with Crippen molar-refractivity contribution in [2.24, 2.45) is 0 Å². The minimum Gasteiger partial charge on any atom is -0.481 e. The molecule has 3 aromatic rings. The van der Waals surface area contributed by atoms with E-state index in [9.17, 15) is 18.0 Å². The van der Waals surface area contributed by atoms with Crippen molar-refractivity contribution in [1.29, 1.82) is 0 Å². The summed E-state index contributed by atoms with van der Waals surface area (Å²) in [6.07, 6.45) is 1.43. The number of aryl methyl sites for hydroxylation is 1. The van der Waals surface area contributed by atoms with Crippen molar-refractivity contribution in [1.82, 2.24) is 4.98 Å². The van der Waals surface area contributed by atoms with Gasteiger partial charge in [0.15, 0.2) is 0 Å². The van der Waals surface area contributed by atoms with Crippen LogP contribution < -0.4 is 4.74 Å². The SMILES string of the molecule is Cc1cc(CC(=O)O)cc(C(F)(F)F)c1Oc1ccc2[nH]cc(C3CCCC3)c2c1. The summed E-state index contributed by atoms with van der Waals surface area (Å²) in [6, 6.07) is 7.52. The average Bonchev–Trinajstić information content (AvgIpc) is 3.31. The summed E-state index contributed by atoms with van der Waals surface area (Å²) in [5.41, 5.74) is 1.46. The van der Waals surface area contributed by atoms with Gasteiger partial charge in [-0.2, -0.15) is 13.2 Å². The Hall–Kier alpha value is -2.96. The molecule has 4 nitrogen and oxygen atoms in total. The van der Waals surface area contributed by atoms with Crippen LogP contribution in [-0.2, 0) is 17.4 Å². The molecule has 1 aliphatic carbocycles. The first-order chi connectivity index (χ1) is 14.2. The first-order valence-electron chi connectivity index (χ1n) is 9.94. The number of ether oxygens (including phenoxy) is 1. The zero-order valence-electron chi connectivity index (χ0n) is 16.5. The number of rotatable bonds is 5. The molecular formula is C23H22F3NO3. The molecule has 30 heavy (non-hydrogen) atoms. The molecule has 0 bridgehead atoms. The van der Waals surface area contributed by atoms with Crippen LogP contribution in [0.2, 0.25) is 0 Å². The Kier molecular flexibility index (Phi) is 5.22. The van der Waals surface area contributed by atoms with Crippen LogP contribution in [0.1, 0.15) is 53.9 Å². The van der Waals surface area contributed by atoms with Gasteiger partial charge in [0.1, 0.15) is 11.5 Å². The lowest BCUT2D eigenvalue weighted by atomic mass is 9.97. The molecule has 0 spiro atoms. The minimum atomic E-state index is -4.66. The van der Waals surface area contributed by atoms with E-state index in [2.05, 4.69) is 4.98 Å². The molecule has 0 atom stereocenters. The topological polar surface area (TPSA) is 62.3 Å². The second kappa shape index (κ2) is 7.70. The van der Waals surface area contributed by atoms with Gasteiger partial charge in [-0.25, -0.2) is 0 Å². The zero-order chi connectivity index (χ0) is 21.5. The number of halogens is 3. The van der Waals surface area contributed by atoms with Gasteiger partial charge in [0.25, 0.3) is 0 Å². The van der Waals surface area contributed by atoms with E-state index in [-0.39, 0.29) is 16.9 Å². The molecular weight excluding hydrogens is 395 g/mol. The van der Waals surface area contributed by atoms with Crippen molar-refractivity contribution in [3.8, 4) is 11.5 Å². The summed E-state index contributed by atoms with van der Waals surface area (Å²) >= 11 is 0. The number of carboxylic acids is 1. The van der Waals surface area contributed by atoms with Crippen LogP contribution in [0, 0.1) is 6.92 Å². The molecule has 1 fully saturated rings. The molecule has 7 heteroatoms. The third-order valence-electron chi connectivity index (χ3n) is 5.70. The van der Waals surface area contributed by atoms with Crippen LogP contribution >= 0.6 is 0 Å². The maximum absolute atomic E-state index is 13.7. The van der Waals surface area contributed by atoms with Crippen molar-refractivity contribution >= 4 is 16.9 Å². The van der Waals surface area contributed by atoms with E-state index in [0.717, 1.165) is 29.8 Å². The van der Waals surface area contributed by atoms with Gasteiger partial charge in [-0.1, -0.05) is 18.9 Å². The Morgan fingerprint density at radius 2 is 1.93 bits per heavy atom. The van der Waals surface area contributed by atoms with E-state index in [1.54, 1.807) is 12.1 Å². The van der Waals surface area contributed by atoms with Crippen LogP contribution in [0.3, 0.4) is 0 Å². The molecule has 1 saturated carbocycles. The van der Waals surface area contributed by atoms with Gasteiger partial charge in [-0.15, -0.1) is 0 Å². The van der Waals surface area contributed by atoms with Crippen LogP contribution in [-0.4, -0.2) is 16.1 Å². The molecule has 1 aromatic heterocycles. The Morgan fingerprint density at radius 1 is 1.20 bits per heavy atom. The Morgan fingerprint density at radius 3 is 2.60 bits per heavy atom. The smallest absolute Gasteiger partial charge is 0.420 e. The van der Waals surface area contributed by atoms with E-state index in [4.69, 9.17) is 9.84 Å². The van der Waals surface area contributed by atoms with Gasteiger partial charge in [0, 0.05) is 17.1 Å². The van der Waals surface area contributed by atoms with Crippen molar-refractivity contribution in [2.75, 3.05) is 0 Å². The number of aromatic amines is 1. The summed E-state index contributed by atoms with van der Waals surface area (Å²) in [6.45, 7) is 1.49. The highest BCUT2D eigenvalue weighted by Gasteiger charge is 2.36. The average molecular weight is 417 g/mol. The second-order valence-corrected chi connectivity index (χ2v) is 7.89. The van der Waals surface area contributed by atoms with Gasteiger partial charge in [-0.3, -0.25) is 4.79 Å². The summed E-state index contributed by atoms with van der Waals surface area (Å²) in [4.78, 5) is 14.2. The number of benzene rings is 2. The monoisotopic (exact) mass is 417 g/mol. The van der Waals surface area contributed by atoms with Crippen molar-refractivity contribution in [2.45, 2.75) is 51.1 Å². The van der Waals surface area contributed by atoms with Crippen LogP contribution in [0.5, 0.6) is 11.5 Å². The number of carboxylic acid groups (broad SMARTS) is 1. The number of aliphatic carboxylic acids is 1. The standard InChI is InChI=1S/C23H22F3NO3/c1-13-8-14(10-21(28)29)9-19(23(24,25)26)22(13)30-16-6-7-20-17(11-16)18(12-27-20)15-4-2-3-5-15/h6-9,11-12,15,27H,2-5,10H2,1H3,(H,28,29). The Balaban J connectivity index is 1.73. The number of hydrogen-bond donors (Lipinski definition) is 2. The normalized spacial score (nSPS) is 15.1.